The molecule has 0 aromatic carbocycles. The predicted octanol–water partition coefficient (Wildman–Crippen LogP) is 2.23. The molecule has 2 heterocycles. The van der Waals surface area contributed by atoms with Crippen molar-refractivity contribution in [3.8, 4) is 0 Å². The van der Waals surface area contributed by atoms with Crippen LogP contribution in [-0.2, 0) is 11.8 Å². The quantitative estimate of drug-likeness (QED) is 0.902. The summed E-state index contributed by atoms with van der Waals surface area (Å²) < 4.78 is 7.16. The maximum Gasteiger partial charge on any atom is 0.410 e. The molecule has 1 amide bonds. The highest BCUT2D eigenvalue weighted by Crippen LogP contribution is 2.17. The average molecular weight is 280 g/mol. The summed E-state index contributed by atoms with van der Waals surface area (Å²) in [5, 5.41) is 7.71. The van der Waals surface area contributed by atoms with Crippen LogP contribution in [0.2, 0.25) is 0 Å². The van der Waals surface area contributed by atoms with Gasteiger partial charge in [0.25, 0.3) is 0 Å². The molecule has 0 spiro atoms. The van der Waals surface area contributed by atoms with Gasteiger partial charge in [-0.15, -0.1) is 0 Å². The van der Waals surface area contributed by atoms with E-state index in [2.05, 4.69) is 10.4 Å². The number of amides is 1. The fraction of sp³-hybridized carbons (Fsp3) is 0.714. The van der Waals surface area contributed by atoms with Crippen LogP contribution in [0.4, 0.5) is 10.6 Å². The van der Waals surface area contributed by atoms with E-state index in [0.717, 1.165) is 31.7 Å². The second-order valence-electron chi connectivity index (χ2n) is 6.26. The Hall–Kier alpha value is -1.72. The van der Waals surface area contributed by atoms with E-state index in [1.807, 2.05) is 40.1 Å². The lowest BCUT2D eigenvalue weighted by Gasteiger charge is -2.33. The Morgan fingerprint density at radius 3 is 2.55 bits per heavy atom. The van der Waals surface area contributed by atoms with Crippen LogP contribution in [0.3, 0.4) is 0 Å². The van der Waals surface area contributed by atoms with Crippen LogP contribution in [-0.4, -0.2) is 45.5 Å². The summed E-state index contributed by atoms with van der Waals surface area (Å²) in [4.78, 5) is 13.7. The van der Waals surface area contributed by atoms with Crippen LogP contribution >= 0.6 is 0 Å². The Labute approximate surface area is 120 Å². The molecule has 1 aliphatic heterocycles. The Morgan fingerprint density at radius 1 is 1.40 bits per heavy atom. The van der Waals surface area contributed by atoms with E-state index in [4.69, 9.17) is 4.74 Å². The van der Waals surface area contributed by atoms with E-state index in [0.29, 0.717) is 6.04 Å². The molecular formula is C14H24N4O2. The fourth-order valence-electron chi connectivity index (χ4n) is 2.23. The molecule has 0 saturated carbocycles. The smallest absolute Gasteiger partial charge is 0.410 e. The summed E-state index contributed by atoms with van der Waals surface area (Å²) in [6.07, 6.45) is 3.53. The van der Waals surface area contributed by atoms with Crippen molar-refractivity contribution >= 4 is 11.9 Å². The van der Waals surface area contributed by atoms with E-state index in [1.54, 1.807) is 9.58 Å². The highest BCUT2D eigenvalue weighted by Gasteiger charge is 2.26. The summed E-state index contributed by atoms with van der Waals surface area (Å²) in [7, 11) is 1.90. The van der Waals surface area contributed by atoms with Gasteiger partial charge in [-0.3, -0.25) is 4.68 Å². The van der Waals surface area contributed by atoms with Crippen molar-refractivity contribution in [2.75, 3.05) is 18.4 Å². The molecule has 2 rings (SSSR count). The Balaban J connectivity index is 1.79. The molecule has 0 unspecified atom stereocenters. The Kier molecular flexibility index (Phi) is 4.20. The lowest BCUT2D eigenvalue weighted by Crippen LogP contribution is -2.44. The highest BCUT2D eigenvalue weighted by atomic mass is 16.6. The van der Waals surface area contributed by atoms with Crippen molar-refractivity contribution in [3.63, 3.8) is 0 Å². The Bertz CT molecular complexity index is 456. The van der Waals surface area contributed by atoms with Gasteiger partial charge >= 0.3 is 6.09 Å². The van der Waals surface area contributed by atoms with Gasteiger partial charge in [-0.2, -0.15) is 5.10 Å². The van der Waals surface area contributed by atoms with Gasteiger partial charge in [-0.1, -0.05) is 0 Å². The van der Waals surface area contributed by atoms with Crippen molar-refractivity contribution < 1.29 is 9.53 Å². The van der Waals surface area contributed by atoms with Gasteiger partial charge in [-0.25, -0.2) is 4.79 Å². The third kappa shape index (κ3) is 4.15. The van der Waals surface area contributed by atoms with Crippen molar-refractivity contribution in [2.45, 2.75) is 45.3 Å². The molecule has 0 bridgehead atoms. The Morgan fingerprint density at radius 2 is 2.05 bits per heavy atom. The summed E-state index contributed by atoms with van der Waals surface area (Å²) >= 11 is 0. The monoisotopic (exact) mass is 280 g/mol. The maximum atomic E-state index is 11.9. The zero-order chi connectivity index (χ0) is 14.8. The molecule has 1 aromatic rings. The maximum absolute atomic E-state index is 11.9. The van der Waals surface area contributed by atoms with Gasteiger partial charge in [-0.05, 0) is 33.6 Å². The fourth-order valence-corrected chi connectivity index (χ4v) is 2.23. The molecule has 20 heavy (non-hydrogen) atoms. The summed E-state index contributed by atoms with van der Waals surface area (Å²) in [6.45, 7) is 7.11. The van der Waals surface area contributed by atoms with Gasteiger partial charge in [0.2, 0.25) is 0 Å². The number of hydrogen-bond acceptors (Lipinski definition) is 4. The molecule has 1 aliphatic rings. The zero-order valence-corrected chi connectivity index (χ0v) is 12.7. The van der Waals surface area contributed by atoms with Crippen LogP contribution in [0.15, 0.2) is 12.3 Å². The number of ether oxygens (including phenoxy) is 1. The van der Waals surface area contributed by atoms with Crippen LogP contribution < -0.4 is 5.32 Å². The van der Waals surface area contributed by atoms with Crippen molar-refractivity contribution in [1.82, 2.24) is 14.7 Å². The number of anilines is 1. The van der Waals surface area contributed by atoms with Crippen molar-refractivity contribution in [2.24, 2.45) is 7.05 Å². The lowest BCUT2D eigenvalue weighted by atomic mass is 10.1. The van der Waals surface area contributed by atoms with Crippen LogP contribution in [0.5, 0.6) is 0 Å². The third-order valence-corrected chi connectivity index (χ3v) is 3.21. The van der Waals surface area contributed by atoms with Crippen LogP contribution in [0.25, 0.3) is 0 Å². The number of hydrogen-bond donors (Lipinski definition) is 1. The average Bonchev–Trinajstić information content (AvgIpc) is 2.73. The first-order valence-corrected chi connectivity index (χ1v) is 7.07. The summed E-state index contributed by atoms with van der Waals surface area (Å²) in [6, 6.07) is 2.32. The number of piperidine rings is 1. The molecule has 0 aliphatic carbocycles. The SMILES string of the molecule is Cn1ccc(NC2CCN(C(=O)OC(C)(C)C)CC2)n1. The van der Waals surface area contributed by atoms with E-state index in [9.17, 15) is 4.79 Å². The summed E-state index contributed by atoms with van der Waals surface area (Å²) in [5.41, 5.74) is -0.430. The normalized spacial score (nSPS) is 17.1. The number of carbonyl (C=O) groups is 1. The molecule has 1 saturated heterocycles. The largest absolute Gasteiger partial charge is 0.444 e. The second kappa shape index (κ2) is 5.73. The van der Waals surface area contributed by atoms with E-state index < -0.39 is 5.60 Å². The molecule has 112 valence electrons. The minimum absolute atomic E-state index is 0.214. The van der Waals surface area contributed by atoms with Gasteiger partial charge in [0.15, 0.2) is 0 Å². The highest BCUT2D eigenvalue weighted by molar-refractivity contribution is 5.68. The van der Waals surface area contributed by atoms with Gasteiger partial charge in [0.05, 0.1) is 0 Å². The summed E-state index contributed by atoms with van der Waals surface area (Å²) in [5.74, 6) is 0.892. The molecule has 6 nitrogen and oxygen atoms in total. The van der Waals surface area contributed by atoms with Gasteiger partial charge in [0, 0.05) is 38.4 Å². The predicted molar refractivity (Wildman–Crippen MR) is 77.7 cm³/mol. The van der Waals surface area contributed by atoms with E-state index in [1.165, 1.54) is 0 Å². The van der Waals surface area contributed by atoms with E-state index in [-0.39, 0.29) is 6.09 Å². The minimum atomic E-state index is -0.430. The minimum Gasteiger partial charge on any atom is -0.444 e. The number of aromatic nitrogens is 2. The molecular weight excluding hydrogens is 256 g/mol. The lowest BCUT2D eigenvalue weighted by molar-refractivity contribution is 0.0210. The van der Waals surface area contributed by atoms with Gasteiger partial charge < -0.3 is 15.0 Å². The number of likely N-dealkylation sites (tertiary alicyclic amines) is 1. The molecule has 0 radical (unpaired) electrons. The van der Waals surface area contributed by atoms with Gasteiger partial charge in [0.1, 0.15) is 11.4 Å². The number of nitrogens with zero attached hydrogens (tertiary/aromatic N) is 3. The standard InChI is InChI=1S/C14H24N4O2/c1-14(2,3)20-13(19)18-9-5-11(6-10-18)15-12-7-8-17(4)16-12/h7-8,11H,5-6,9-10H2,1-4H3,(H,15,16). The number of aryl methyl sites for hydroxylation is 1. The first-order chi connectivity index (χ1) is 9.33. The molecule has 1 aromatic heterocycles. The molecule has 1 N–H and O–H groups in total. The number of carbonyl (C=O) groups excluding carboxylic acids is 1. The van der Waals surface area contributed by atoms with Crippen molar-refractivity contribution in [3.05, 3.63) is 12.3 Å². The first-order valence-electron chi connectivity index (χ1n) is 7.07. The second-order valence-corrected chi connectivity index (χ2v) is 6.26. The first kappa shape index (κ1) is 14.7. The molecule has 6 heteroatoms. The number of nitrogens with one attached hydrogen (secondary N) is 1. The zero-order valence-electron chi connectivity index (χ0n) is 12.7. The van der Waals surface area contributed by atoms with Crippen molar-refractivity contribution in [1.29, 1.82) is 0 Å². The third-order valence-electron chi connectivity index (χ3n) is 3.21. The number of rotatable bonds is 2. The molecule has 0 atom stereocenters. The molecule has 1 fully saturated rings. The van der Waals surface area contributed by atoms with E-state index >= 15 is 0 Å². The van der Waals surface area contributed by atoms with Crippen LogP contribution in [0, 0.1) is 0 Å². The van der Waals surface area contributed by atoms with Crippen LogP contribution in [0.1, 0.15) is 33.6 Å². The topological polar surface area (TPSA) is 59.4 Å².